The van der Waals surface area contributed by atoms with Gasteiger partial charge in [0.2, 0.25) is 11.8 Å². The van der Waals surface area contributed by atoms with Crippen LogP contribution >= 0.6 is 0 Å². The molecule has 2 amide bonds. The minimum atomic E-state index is -0.454. The maximum Gasteiger partial charge on any atom is 0.223 e. The van der Waals surface area contributed by atoms with Crippen LogP contribution in [0.15, 0.2) is 48.5 Å². The second kappa shape index (κ2) is 8.23. The molecule has 5 nitrogen and oxygen atoms in total. The summed E-state index contributed by atoms with van der Waals surface area (Å²) in [6, 6.07) is 14.1. The van der Waals surface area contributed by atoms with Gasteiger partial charge in [0.05, 0.1) is 6.54 Å². The van der Waals surface area contributed by atoms with Gasteiger partial charge in [-0.1, -0.05) is 30.3 Å². The highest BCUT2D eigenvalue weighted by molar-refractivity contribution is 5.80. The smallest absolute Gasteiger partial charge is 0.223 e. The predicted molar refractivity (Wildman–Crippen MR) is 107 cm³/mol. The van der Waals surface area contributed by atoms with E-state index in [0.29, 0.717) is 51.8 Å². The van der Waals surface area contributed by atoms with Crippen LogP contribution in [0.4, 0.5) is 4.39 Å². The highest BCUT2D eigenvalue weighted by Crippen LogP contribution is 2.30. The van der Waals surface area contributed by atoms with Gasteiger partial charge in [-0.05, 0) is 43.0 Å². The molecule has 6 heteroatoms. The molecule has 1 fully saturated rings. The Labute approximate surface area is 169 Å². The quantitative estimate of drug-likeness (QED) is 0.844. The fraction of sp³-hybridized carbons (Fsp3) is 0.391. The van der Waals surface area contributed by atoms with E-state index >= 15 is 0 Å². The van der Waals surface area contributed by atoms with Crippen LogP contribution in [0.3, 0.4) is 0 Å². The molecule has 2 aliphatic heterocycles. The molecule has 152 valence electrons. The van der Waals surface area contributed by atoms with E-state index in [9.17, 15) is 14.0 Å². The van der Waals surface area contributed by atoms with Gasteiger partial charge in [0, 0.05) is 30.5 Å². The van der Waals surface area contributed by atoms with E-state index in [0.717, 1.165) is 16.9 Å². The molecule has 0 aliphatic carbocycles. The van der Waals surface area contributed by atoms with Crippen molar-refractivity contribution in [1.29, 1.82) is 0 Å². The molecule has 1 unspecified atom stereocenters. The molecule has 0 saturated carbocycles. The summed E-state index contributed by atoms with van der Waals surface area (Å²) in [6.07, 6.45) is 2.65. The van der Waals surface area contributed by atoms with Gasteiger partial charge >= 0.3 is 0 Å². The summed E-state index contributed by atoms with van der Waals surface area (Å²) >= 11 is 0. The summed E-state index contributed by atoms with van der Waals surface area (Å²) in [5.41, 5.74) is 1.51. The number of nitrogens with zero attached hydrogens (tertiary/aromatic N) is 1. The van der Waals surface area contributed by atoms with Crippen LogP contribution in [-0.4, -0.2) is 35.4 Å². The Kier molecular flexibility index (Phi) is 5.51. The average Bonchev–Trinajstić information content (AvgIpc) is 2.95. The van der Waals surface area contributed by atoms with Crippen molar-refractivity contribution >= 4 is 11.8 Å². The second-order valence-electron chi connectivity index (χ2n) is 7.90. The van der Waals surface area contributed by atoms with Gasteiger partial charge in [-0.25, -0.2) is 4.39 Å². The number of fused-ring (bicyclic) bond motifs is 1. The van der Waals surface area contributed by atoms with Gasteiger partial charge in [-0.2, -0.15) is 0 Å². The molecule has 0 spiro atoms. The van der Waals surface area contributed by atoms with Gasteiger partial charge in [-0.15, -0.1) is 0 Å². The molecule has 0 radical (unpaired) electrons. The summed E-state index contributed by atoms with van der Waals surface area (Å²) in [5.74, 6) is 0.623. The summed E-state index contributed by atoms with van der Waals surface area (Å²) in [5, 5.41) is 3.09. The van der Waals surface area contributed by atoms with Crippen LogP contribution < -0.4 is 10.1 Å². The van der Waals surface area contributed by atoms with Crippen LogP contribution in [0.2, 0.25) is 0 Å². The van der Waals surface area contributed by atoms with Crippen LogP contribution in [0.5, 0.6) is 5.75 Å². The first-order valence-corrected chi connectivity index (χ1v) is 10.1. The summed E-state index contributed by atoms with van der Waals surface area (Å²) in [4.78, 5) is 26.7. The third kappa shape index (κ3) is 4.58. The number of benzene rings is 2. The zero-order chi connectivity index (χ0) is 20.3. The van der Waals surface area contributed by atoms with E-state index in [4.69, 9.17) is 4.74 Å². The molecular weight excluding hydrogens is 371 g/mol. The number of rotatable bonds is 5. The largest absolute Gasteiger partial charge is 0.491 e. The van der Waals surface area contributed by atoms with Gasteiger partial charge in [0.15, 0.2) is 0 Å². The Hall–Kier alpha value is -2.89. The van der Waals surface area contributed by atoms with Crippen molar-refractivity contribution in [2.75, 3.05) is 13.2 Å². The molecular formula is C23H25FN2O3. The van der Waals surface area contributed by atoms with Crippen molar-refractivity contribution < 1.29 is 18.7 Å². The molecule has 2 heterocycles. The second-order valence-corrected chi connectivity index (χ2v) is 7.90. The van der Waals surface area contributed by atoms with E-state index in [1.54, 1.807) is 12.1 Å². The molecule has 1 saturated heterocycles. The van der Waals surface area contributed by atoms with E-state index in [-0.39, 0.29) is 17.6 Å². The van der Waals surface area contributed by atoms with Crippen molar-refractivity contribution in [3.63, 3.8) is 0 Å². The van der Waals surface area contributed by atoms with Crippen molar-refractivity contribution in [2.24, 2.45) is 0 Å². The Morgan fingerprint density at radius 2 is 1.97 bits per heavy atom. The lowest BCUT2D eigenvalue weighted by atomic mass is 9.85. The standard InChI is InChI=1S/C23H25FN2O3/c24-19-7-5-17(6-8-19)15-23(11-9-21(27)25-23)12-10-22(28)26-13-14-29-20-4-2-1-3-18(20)16-26/h1-8H,9-16H2,(H,25,27). The average molecular weight is 396 g/mol. The molecule has 0 aromatic heterocycles. The number of carbonyl (C=O) groups is 2. The molecule has 4 rings (SSSR count). The Morgan fingerprint density at radius 1 is 1.17 bits per heavy atom. The number of nitrogens with one attached hydrogen (secondary N) is 1. The van der Waals surface area contributed by atoms with E-state index in [2.05, 4.69) is 5.32 Å². The Morgan fingerprint density at radius 3 is 2.72 bits per heavy atom. The maximum atomic E-state index is 13.2. The number of halogens is 1. The minimum absolute atomic E-state index is 0.0108. The molecule has 1 atom stereocenters. The first-order valence-electron chi connectivity index (χ1n) is 10.1. The number of hydrogen-bond donors (Lipinski definition) is 1. The third-order valence-corrected chi connectivity index (χ3v) is 5.81. The van der Waals surface area contributed by atoms with Crippen LogP contribution in [0.25, 0.3) is 0 Å². The maximum absolute atomic E-state index is 13.2. The monoisotopic (exact) mass is 396 g/mol. The van der Waals surface area contributed by atoms with E-state index in [1.165, 1.54) is 12.1 Å². The van der Waals surface area contributed by atoms with Crippen molar-refractivity contribution in [3.8, 4) is 5.75 Å². The highest BCUT2D eigenvalue weighted by atomic mass is 19.1. The van der Waals surface area contributed by atoms with Crippen molar-refractivity contribution in [3.05, 3.63) is 65.5 Å². The summed E-state index contributed by atoms with van der Waals surface area (Å²) in [6.45, 7) is 1.55. The van der Waals surface area contributed by atoms with Gasteiger partial charge in [-0.3, -0.25) is 9.59 Å². The lowest BCUT2D eigenvalue weighted by Crippen LogP contribution is -2.45. The first kappa shape index (κ1) is 19.4. The summed E-state index contributed by atoms with van der Waals surface area (Å²) in [7, 11) is 0. The Balaban J connectivity index is 1.43. The van der Waals surface area contributed by atoms with Crippen LogP contribution in [-0.2, 0) is 22.6 Å². The molecule has 2 aromatic rings. The number of amides is 2. The zero-order valence-corrected chi connectivity index (χ0v) is 16.3. The van der Waals surface area contributed by atoms with Gasteiger partial charge < -0.3 is 15.0 Å². The zero-order valence-electron chi connectivity index (χ0n) is 16.3. The molecule has 0 bridgehead atoms. The number of ether oxygens (including phenoxy) is 1. The molecule has 29 heavy (non-hydrogen) atoms. The molecule has 1 N–H and O–H groups in total. The van der Waals surface area contributed by atoms with Crippen LogP contribution in [0, 0.1) is 5.82 Å². The van der Waals surface area contributed by atoms with Gasteiger partial charge in [0.1, 0.15) is 18.2 Å². The predicted octanol–water partition coefficient (Wildman–Crippen LogP) is 3.22. The third-order valence-electron chi connectivity index (χ3n) is 5.81. The normalized spacial score (nSPS) is 21.1. The van der Waals surface area contributed by atoms with E-state index in [1.807, 2.05) is 29.2 Å². The SMILES string of the molecule is O=C1CCC(CCC(=O)N2CCOc3ccccc3C2)(Cc2ccc(F)cc2)N1. The van der Waals surface area contributed by atoms with E-state index < -0.39 is 5.54 Å². The minimum Gasteiger partial charge on any atom is -0.491 e. The Bertz CT molecular complexity index is 899. The number of para-hydroxylation sites is 1. The van der Waals surface area contributed by atoms with Crippen LogP contribution in [0.1, 0.15) is 36.8 Å². The fourth-order valence-corrected chi connectivity index (χ4v) is 4.22. The topological polar surface area (TPSA) is 58.6 Å². The van der Waals surface area contributed by atoms with Gasteiger partial charge in [0.25, 0.3) is 0 Å². The molecule has 2 aliphatic rings. The number of hydrogen-bond acceptors (Lipinski definition) is 3. The summed E-state index contributed by atoms with van der Waals surface area (Å²) < 4.78 is 19.0. The molecule has 2 aromatic carbocycles. The highest BCUT2D eigenvalue weighted by Gasteiger charge is 2.38. The van der Waals surface area contributed by atoms with Crippen molar-refractivity contribution in [1.82, 2.24) is 10.2 Å². The number of carbonyl (C=O) groups excluding carboxylic acids is 2. The van der Waals surface area contributed by atoms with Crippen molar-refractivity contribution in [2.45, 2.75) is 44.2 Å². The first-order chi connectivity index (χ1) is 14.0. The fourth-order valence-electron chi connectivity index (χ4n) is 4.22. The lowest BCUT2D eigenvalue weighted by Gasteiger charge is -2.30. The lowest BCUT2D eigenvalue weighted by molar-refractivity contribution is -0.132.